The molecule has 0 spiro atoms. The lowest BCUT2D eigenvalue weighted by Crippen LogP contribution is -2.18. The number of nitrogens with zero attached hydrogens (tertiary/aromatic N) is 5. The summed E-state index contributed by atoms with van der Waals surface area (Å²) in [7, 11) is 0. The number of pyridine rings is 3. The van der Waals surface area contributed by atoms with E-state index in [-0.39, 0.29) is 0 Å². The largest absolute Gasteiger partial charge is 0.353 e. The molecular weight excluding hydrogens is 446 g/mol. The average molecular weight is 472 g/mol. The Labute approximate surface area is 208 Å². The molecule has 1 aliphatic heterocycles. The van der Waals surface area contributed by atoms with Crippen LogP contribution < -0.4 is 0 Å². The van der Waals surface area contributed by atoms with Crippen molar-refractivity contribution in [2.24, 2.45) is 0 Å². The molecular formula is C29H25N7. The molecule has 0 radical (unpaired) electrons. The second-order valence-electron chi connectivity index (χ2n) is 9.42. The van der Waals surface area contributed by atoms with Crippen molar-refractivity contribution in [2.75, 3.05) is 13.1 Å². The van der Waals surface area contributed by atoms with Gasteiger partial charge >= 0.3 is 0 Å². The van der Waals surface area contributed by atoms with Crippen LogP contribution in [-0.4, -0.2) is 48.1 Å². The Balaban J connectivity index is 1.28. The molecule has 36 heavy (non-hydrogen) atoms. The molecule has 7 nitrogen and oxygen atoms in total. The number of likely N-dealkylation sites (tertiary alicyclic amines) is 1. The molecule has 1 saturated heterocycles. The lowest BCUT2D eigenvalue weighted by molar-refractivity contribution is 0.331. The number of fused-ring (bicyclic) bond motifs is 2. The Kier molecular flexibility index (Phi) is 5.06. The van der Waals surface area contributed by atoms with Crippen LogP contribution in [0.3, 0.4) is 0 Å². The van der Waals surface area contributed by atoms with Gasteiger partial charge in [0.25, 0.3) is 0 Å². The third-order valence-corrected chi connectivity index (χ3v) is 7.00. The first-order valence-electron chi connectivity index (χ1n) is 12.4. The second kappa shape index (κ2) is 8.70. The van der Waals surface area contributed by atoms with E-state index in [1.54, 1.807) is 0 Å². The van der Waals surface area contributed by atoms with Crippen LogP contribution in [0.15, 0.2) is 79.4 Å². The molecule has 176 valence electrons. The minimum atomic E-state index is 0.873. The Morgan fingerprint density at radius 2 is 1.75 bits per heavy atom. The molecule has 0 unspecified atom stereocenters. The standard InChI is InChI=1S/C29H25N7/c1-2-9-31-24(7-1)21-6-5-8-25-22(21)13-27(33-25)29-23-14-26(32-17-28(23)34-35-29)20-12-19(15-30-16-20)18-36-10-3-4-11-36/h1-2,5-9,12-17,33H,3-4,10-11,18H2,(H,34,35). The Morgan fingerprint density at radius 1 is 0.806 bits per heavy atom. The lowest BCUT2D eigenvalue weighted by Gasteiger charge is -2.14. The molecule has 0 bridgehead atoms. The molecule has 7 heteroatoms. The number of aromatic amines is 2. The normalized spacial score (nSPS) is 14.2. The Bertz CT molecular complexity index is 1680. The van der Waals surface area contributed by atoms with Crippen LogP contribution in [-0.2, 0) is 6.54 Å². The third kappa shape index (κ3) is 3.74. The number of rotatable bonds is 5. The zero-order valence-electron chi connectivity index (χ0n) is 19.8. The van der Waals surface area contributed by atoms with Gasteiger partial charge in [0.2, 0.25) is 0 Å². The zero-order valence-corrected chi connectivity index (χ0v) is 19.8. The predicted molar refractivity (Wildman–Crippen MR) is 142 cm³/mol. The topological polar surface area (TPSA) is 86.4 Å². The van der Waals surface area contributed by atoms with Gasteiger partial charge in [0.1, 0.15) is 5.69 Å². The summed E-state index contributed by atoms with van der Waals surface area (Å²) < 4.78 is 0. The molecule has 7 rings (SSSR count). The van der Waals surface area contributed by atoms with Gasteiger partial charge in [0.15, 0.2) is 0 Å². The Hall–Kier alpha value is -4.36. The van der Waals surface area contributed by atoms with Crippen molar-refractivity contribution < 1.29 is 0 Å². The van der Waals surface area contributed by atoms with Crippen molar-refractivity contribution in [2.45, 2.75) is 19.4 Å². The van der Waals surface area contributed by atoms with E-state index in [9.17, 15) is 0 Å². The van der Waals surface area contributed by atoms with E-state index in [2.05, 4.69) is 66.4 Å². The minimum Gasteiger partial charge on any atom is -0.353 e. The van der Waals surface area contributed by atoms with Crippen molar-refractivity contribution in [1.82, 2.24) is 35.0 Å². The number of hydrogen-bond donors (Lipinski definition) is 2. The van der Waals surface area contributed by atoms with Gasteiger partial charge in [-0.2, -0.15) is 5.10 Å². The fourth-order valence-corrected chi connectivity index (χ4v) is 5.22. The van der Waals surface area contributed by atoms with Gasteiger partial charge in [0.05, 0.1) is 28.8 Å². The predicted octanol–water partition coefficient (Wildman–Crippen LogP) is 5.83. The summed E-state index contributed by atoms with van der Waals surface area (Å²) in [6, 6.07) is 18.7. The van der Waals surface area contributed by atoms with Crippen LogP contribution in [0.5, 0.6) is 0 Å². The highest BCUT2D eigenvalue weighted by Gasteiger charge is 2.16. The van der Waals surface area contributed by atoms with Gasteiger partial charge in [-0.1, -0.05) is 18.2 Å². The lowest BCUT2D eigenvalue weighted by atomic mass is 10.1. The van der Waals surface area contributed by atoms with E-state index in [0.29, 0.717) is 0 Å². The van der Waals surface area contributed by atoms with E-state index >= 15 is 0 Å². The van der Waals surface area contributed by atoms with E-state index in [4.69, 9.17) is 4.98 Å². The molecule has 1 aromatic carbocycles. The van der Waals surface area contributed by atoms with Crippen molar-refractivity contribution in [1.29, 1.82) is 0 Å². The van der Waals surface area contributed by atoms with Crippen LogP contribution in [0.25, 0.3) is 55.7 Å². The van der Waals surface area contributed by atoms with Gasteiger partial charge in [-0.05, 0) is 67.9 Å². The van der Waals surface area contributed by atoms with Gasteiger partial charge in [-0.25, -0.2) is 0 Å². The smallest absolute Gasteiger partial charge is 0.116 e. The number of H-pyrrole nitrogens is 2. The Morgan fingerprint density at radius 3 is 2.64 bits per heavy atom. The first-order chi connectivity index (χ1) is 17.8. The van der Waals surface area contributed by atoms with E-state index in [0.717, 1.165) is 62.3 Å². The van der Waals surface area contributed by atoms with Crippen LogP contribution in [0, 0.1) is 0 Å². The van der Waals surface area contributed by atoms with Crippen molar-refractivity contribution in [3.63, 3.8) is 0 Å². The van der Waals surface area contributed by atoms with Gasteiger partial charge in [0, 0.05) is 52.6 Å². The molecule has 6 aromatic rings. The van der Waals surface area contributed by atoms with Crippen LogP contribution in [0.2, 0.25) is 0 Å². The molecule has 1 aliphatic rings. The van der Waals surface area contributed by atoms with Crippen molar-refractivity contribution in [3.8, 4) is 33.9 Å². The molecule has 0 amide bonds. The zero-order chi connectivity index (χ0) is 23.9. The fourth-order valence-electron chi connectivity index (χ4n) is 5.22. The fraction of sp³-hybridized carbons (Fsp3) is 0.172. The third-order valence-electron chi connectivity index (χ3n) is 7.00. The maximum atomic E-state index is 4.71. The quantitative estimate of drug-likeness (QED) is 0.331. The maximum absolute atomic E-state index is 4.71. The van der Waals surface area contributed by atoms with Gasteiger partial charge < -0.3 is 4.98 Å². The van der Waals surface area contributed by atoms with Gasteiger partial charge in [-0.3, -0.25) is 25.0 Å². The molecule has 0 aliphatic carbocycles. The molecule has 1 fully saturated rings. The highest BCUT2D eigenvalue weighted by Crippen LogP contribution is 2.34. The molecule has 6 heterocycles. The van der Waals surface area contributed by atoms with E-state index in [1.807, 2.05) is 43.0 Å². The summed E-state index contributed by atoms with van der Waals surface area (Å²) >= 11 is 0. The van der Waals surface area contributed by atoms with Crippen LogP contribution >= 0.6 is 0 Å². The first-order valence-corrected chi connectivity index (χ1v) is 12.4. The molecule has 5 aromatic heterocycles. The molecule has 0 atom stereocenters. The van der Waals surface area contributed by atoms with Crippen LogP contribution in [0.4, 0.5) is 0 Å². The summed E-state index contributed by atoms with van der Waals surface area (Å²) in [6.45, 7) is 3.27. The SMILES string of the molecule is c1ccc(-c2cccc3[nH]c(-c4n[nH]c5cnc(-c6cncc(CN7CCCC7)c6)cc45)cc23)nc1. The summed E-state index contributed by atoms with van der Waals surface area (Å²) in [5.41, 5.74) is 8.97. The summed E-state index contributed by atoms with van der Waals surface area (Å²) in [5.74, 6) is 0. The molecule has 2 N–H and O–H groups in total. The van der Waals surface area contributed by atoms with Gasteiger partial charge in [-0.15, -0.1) is 0 Å². The first kappa shape index (κ1) is 21.0. The second-order valence-corrected chi connectivity index (χ2v) is 9.42. The van der Waals surface area contributed by atoms with E-state index < -0.39 is 0 Å². The summed E-state index contributed by atoms with van der Waals surface area (Å²) in [5, 5.41) is 9.94. The number of benzene rings is 1. The maximum Gasteiger partial charge on any atom is 0.116 e. The average Bonchev–Trinajstić information content (AvgIpc) is 3.68. The highest BCUT2D eigenvalue weighted by atomic mass is 15.1. The van der Waals surface area contributed by atoms with Crippen molar-refractivity contribution >= 4 is 21.8 Å². The van der Waals surface area contributed by atoms with Crippen molar-refractivity contribution in [3.05, 3.63) is 84.9 Å². The summed E-state index contributed by atoms with van der Waals surface area (Å²) in [4.78, 5) is 19.8. The highest BCUT2D eigenvalue weighted by molar-refractivity contribution is 6.01. The van der Waals surface area contributed by atoms with E-state index in [1.165, 1.54) is 31.5 Å². The number of nitrogens with one attached hydrogen (secondary N) is 2. The number of hydrogen-bond acceptors (Lipinski definition) is 5. The van der Waals surface area contributed by atoms with Crippen LogP contribution in [0.1, 0.15) is 18.4 Å². The number of aromatic nitrogens is 6. The monoisotopic (exact) mass is 471 g/mol. The minimum absolute atomic E-state index is 0.873. The summed E-state index contributed by atoms with van der Waals surface area (Å²) in [6.07, 6.45) is 10.1. The molecule has 0 saturated carbocycles.